The van der Waals surface area contributed by atoms with Crippen LogP contribution in [0, 0.1) is 13.8 Å². The van der Waals surface area contributed by atoms with Crippen molar-refractivity contribution in [1.82, 2.24) is 4.90 Å². The van der Waals surface area contributed by atoms with Gasteiger partial charge in [0.05, 0.1) is 22.4 Å². The molecule has 1 aliphatic carbocycles. The molecule has 0 atom stereocenters. The number of nitrogens with zero attached hydrogens (tertiary/aromatic N) is 2. The van der Waals surface area contributed by atoms with Gasteiger partial charge in [-0.25, -0.2) is 9.69 Å². The lowest BCUT2D eigenvalue weighted by molar-refractivity contribution is -0.135. The summed E-state index contributed by atoms with van der Waals surface area (Å²) in [6, 6.07) is 10.0. The van der Waals surface area contributed by atoms with Gasteiger partial charge in [0.1, 0.15) is 0 Å². The van der Waals surface area contributed by atoms with Crippen LogP contribution < -0.4 is 4.90 Å². The van der Waals surface area contributed by atoms with Crippen molar-refractivity contribution in [3.63, 3.8) is 0 Å². The SMILES string of the molecule is Cc1ccc(C)c(N2C(=O)c3ccc(C(=O)OCC(=O)N(C)C4CCCCC4)cc3C2=O)c1. The van der Waals surface area contributed by atoms with Gasteiger partial charge in [-0.1, -0.05) is 31.4 Å². The Hall–Kier alpha value is -3.48. The molecule has 7 heteroatoms. The molecule has 1 aliphatic heterocycles. The van der Waals surface area contributed by atoms with E-state index >= 15 is 0 Å². The first kappa shape index (κ1) is 22.7. The molecule has 1 saturated carbocycles. The molecular formula is C26H28N2O5. The summed E-state index contributed by atoms with van der Waals surface area (Å²) in [5.41, 5.74) is 2.79. The van der Waals surface area contributed by atoms with E-state index < -0.39 is 17.8 Å². The Balaban J connectivity index is 1.47. The van der Waals surface area contributed by atoms with Crippen molar-refractivity contribution >= 4 is 29.4 Å². The number of rotatable bonds is 5. The predicted octanol–water partition coefficient (Wildman–Crippen LogP) is 4.05. The molecule has 4 rings (SSSR count). The van der Waals surface area contributed by atoms with Gasteiger partial charge in [-0.05, 0) is 62.1 Å². The smallest absolute Gasteiger partial charge is 0.338 e. The second kappa shape index (κ2) is 9.17. The molecule has 7 nitrogen and oxygen atoms in total. The van der Waals surface area contributed by atoms with E-state index in [1.165, 1.54) is 24.6 Å². The summed E-state index contributed by atoms with van der Waals surface area (Å²) in [6.45, 7) is 3.37. The monoisotopic (exact) mass is 448 g/mol. The van der Waals surface area contributed by atoms with Gasteiger partial charge in [0.2, 0.25) is 0 Å². The van der Waals surface area contributed by atoms with Crippen LogP contribution in [0.15, 0.2) is 36.4 Å². The molecule has 0 N–H and O–H groups in total. The van der Waals surface area contributed by atoms with Gasteiger partial charge in [-0.3, -0.25) is 14.4 Å². The number of esters is 1. The fraction of sp³-hybridized carbons (Fsp3) is 0.385. The summed E-state index contributed by atoms with van der Waals surface area (Å²) in [5.74, 6) is -1.85. The van der Waals surface area contributed by atoms with Crippen molar-refractivity contribution in [2.24, 2.45) is 0 Å². The largest absolute Gasteiger partial charge is 0.452 e. The van der Waals surface area contributed by atoms with Crippen LogP contribution in [0.5, 0.6) is 0 Å². The van der Waals surface area contributed by atoms with Gasteiger partial charge in [0, 0.05) is 13.1 Å². The van der Waals surface area contributed by atoms with E-state index in [0.29, 0.717) is 5.69 Å². The first-order chi connectivity index (χ1) is 15.8. The Labute approximate surface area is 193 Å². The van der Waals surface area contributed by atoms with Crippen molar-refractivity contribution in [2.45, 2.75) is 52.0 Å². The summed E-state index contributed by atoms with van der Waals surface area (Å²) >= 11 is 0. The highest BCUT2D eigenvalue weighted by Gasteiger charge is 2.38. The molecule has 0 radical (unpaired) electrons. The zero-order valence-electron chi connectivity index (χ0n) is 19.2. The van der Waals surface area contributed by atoms with Crippen LogP contribution in [0.25, 0.3) is 0 Å². The average molecular weight is 449 g/mol. The number of hydrogen-bond donors (Lipinski definition) is 0. The van der Waals surface area contributed by atoms with Crippen molar-refractivity contribution in [1.29, 1.82) is 0 Å². The number of anilines is 1. The normalized spacial score (nSPS) is 16.0. The number of imide groups is 1. The number of ether oxygens (including phenoxy) is 1. The standard InChI is InChI=1S/C26H28N2O5/c1-16-9-10-17(2)22(13-16)28-24(30)20-12-11-18(14-21(20)25(28)31)26(32)33-15-23(29)27(3)19-7-5-4-6-8-19/h9-14,19H,4-8,15H2,1-3H3. The first-order valence-corrected chi connectivity index (χ1v) is 11.3. The number of aryl methyl sites for hydroxylation is 2. The minimum absolute atomic E-state index is 0.130. The molecule has 172 valence electrons. The fourth-order valence-electron chi connectivity index (χ4n) is 4.53. The highest BCUT2D eigenvalue weighted by atomic mass is 16.5. The van der Waals surface area contributed by atoms with E-state index in [-0.39, 0.29) is 35.2 Å². The molecule has 2 aromatic carbocycles. The van der Waals surface area contributed by atoms with Crippen molar-refractivity contribution < 1.29 is 23.9 Å². The van der Waals surface area contributed by atoms with E-state index in [4.69, 9.17) is 4.74 Å². The number of hydrogen-bond acceptors (Lipinski definition) is 5. The van der Waals surface area contributed by atoms with E-state index in [1.807, 2.05) is 26.0 Å². The highest BCUT2D eigenvalue weighted by molar-refractivity contribution is 6.35. The number of carbonyl (C=O) groups is 4. The summed E-state index contributed by atoms with van der Waals surface area (Å²) in [7, 11) is 1.74. The third-order valence-electron chi connectivity index (χ3n) is 6.57. The maximum Gasteiger partial charge on any atom is 0.338 e. The van der Waals surface area contributed by atoms with Crippen LogP contribution in [-0.2, 0) is 9.53 Å². The molecule has 0 bridgehead atoms. The third-order valence-corrected chi connectivity index (χ3v) is 6.57. The van der Waals surface area contributed by atoms with Gasteiger partial charge in [-0.15, -0.1) is 0 Å². The Kier molecular flexibility index (Phi) is 6.31. The third kappa shape index (κ3) is 4.40. The Morgan fingerprint density at radius 2 is 1.67 bits per heavy atom. The number of carbonyl (C=O) groups excluding carboxylic acids is 4. The predicted molar refractivity (Wildman–Crippen MR) is 123 cm³/mol. The van der Waals surface area contributed by atoms with Crippen molar-refractivity contribution in [3.05, 3.63) is 64.2 Å². The lowest BCUT2D eigenvalue weighted by Gasteiger charge is -2.31. The van der Waals surface area contributed by atoms with Crippen LogP contribution in [0.3, 0.4) is 0 Å². The Bertz CT molecular complexity index is 1130. The Morgan fingerprint density at radius 1 is 0.970 bits per heavy atom. The molecule has 3 amide bonds. The van der Waals surface area contributed by atoms with E-state index in [9.17, 15) is 19.2 Å². The van der Waals surface area contributed by atoms with E-state index in [1.54, 1.807) is 18.0 Å². The minimum Gasteiger partial charge on any atom is -0.452 e. The summed E-state index contributed by atoms with van der Waals surface area (Å²) in [6.07, 6.45) is 5.32. The fourth-order valence-corrected chi connectivity index (χ4v) is 4.53. The summed E-state index contributed by atoms with van der Waals surface area (Å²) in [4.78, 5) is 53.9. The molecule has 0 saturated heterocycles. The molecule has 0 spiro atoms. The van der Waals surface area contributed by atoms with Gasteiger partial charge >= 0.3 is 5.97 Å². The number of likely N-dealkylation sites (N-methyl/N-ethyl adjacent to an activating group) is 1. The number of amides is 3. The maximum atomic E-state index is 13.1. The topological polar surface area (TPSA) is 84.0 Å². The molecule has 33 heavy (non-hydrogen) atoms. The molecule has 2 aliphatic rings. The zero-order valence-corrected chi connectivity index (χ0v) is 19.2. The molecule has 1 fully saturated rings. The van der Waals surface area contributed by atoms with Gasteiger partial charge in [0.25, 0.3) is 17.7 Å². The summed E-state index contributed by atoms with van der Waals surface area (Å²) in [5, 5.41) is 0. The van der Waals surface area contributed by atoms with Crippen LogP contribution in [0.1, 0.15) is 74.3 Å². The van der Waals surface area contributed by atoms with E-state index in [0.717, 1.165) is 41.7 Å². The van der Waals surface area contributed by atoms with Gasteiger partial charge in [-0.2, -0.15) is 0 Å². The van der Waals surface area contributed by atoms with Crippen LogP contribution in [-0.4, -0.2) is 48.3 Å². The lowest BCUT2D eigenvalue weighted by atomic mass is 9.94. The number of benzene rings is 2. The van der Waals surface area contributed by atoms with E-state index in [2.05, 4.69) is 0 Å². The molecule has 2 aromatic rings. The van der Waals surface area contributed by atoms with Crippen molar-refractivity contribution in [2.75, 3.05) is 18.6 Å². The second-order valence-corrected chi connectivity index (χ2v) is 8.87. The Morgan fingerprint density at radius 3 is 2.39 bits per heavy atom. The van der Waals surface area contributed by atoms with Crippen LogP contribution in [0.2, 0.25) is 0 Å². The minimum atomic E-state index is -0.700. The summed E-state index contributed by atoms with van der Waals surface area (Å²) < 4.78 is 5.23. The second-order valence-electron chi connectivity index (χ2n) is 8.87. The van der Waals surface area contributed by atoms with Gasteiger partial charge < -0.3 is 9.64 Å². The quantitative estimate of drug-likeness (QED) is 0.509. The average Bonchev–Trinajstić information content (AvgIpc) is 3.08. The molecule has 0 unspecified atom stereocenters. The molecular weight excluding hydrogens is 420 g/mol. The maximum absolute atomic E-state index is 13.1. The van der Waals surface area contributed by atoms with Crippen molar-refractivity contribution in [3.8, 4) is 0 Å². The lowest BCUT2D eigenvalue weighted by Crippen LogP contribution is -2.40. The van der Waals surface area contributed by atoms with Crippen LogP contribution >= 0.6 is 0 Å². The molecule has 1 heterocycles. The number of fused-ring (bicyclic) bond motifs is 1. The van der Waals surface area contributed by atoms with Crippen LogP contribution in [0.4, 0.5) is 5.69 Å². The van der Waals surface area contributed by atoms with Gasteiger partial charge in [0.15, 0.2) is 6.61 Å². The molecule has 0 aromatic heterocycles. The first-order valence-electron chi connectivity index (χ1n) is 11.3. The zero-order chi connectivity index (χ0) is 23.7. The highest BCUT2D eigenvalue weighted by Crippen LogP contribution is 2.32.